The summed E-state index contributed by atoms with van der Waals surface area (Å²) in [5.74, 6) is -3.14. The second-order valence-electron chi connectivity index (χ2n) is 14.8. The van der Waals surface area contributed by atoms with E-state index in [1.54, 1.807) is 13.8 Å². The largest absolute Gasteiger partial charge is 0.463 e. The van der Waals surface area contributed by atoms with Crippen molar-refractivity contribution >= 4 is 49.2 Å². The Bertz CT molecular complexity index is 1640. The van der Waals surface area contributed by atoms with E-state index in [-0.39, 0.29) is 36.9 Å². The van der Waals surface area contributed by atoms with Gasteiger partial charge in [-0.1, -0.05) is 55.4 Å². The van der Waals surface area contributed by atoms with Gasteiger partial charge < -0.3 is 37.6 Å². The van der Waals surface area contributed by atoms with Crippen LogP contribution >= 0.6 is 0 Å². The molecule has 1 saturated heterocycles. The lowest BCUT2D eigenvalue weighted by Gasteiger charge is -2.42. The highest BCUT2D eigenvalue weighted by Crippen LogP contribution is 2.43. The normalized spacial score (nSPS) is 20.2. The molecule has 1 fully saturated rings. The van der Waals surface area contributed by atoms with E-state index < -0.39 is 74.3 Å². The average Bonchev–Trinajstić information content (AvgIpc) is 3.62. The van der Waals surface area contributed by atoms with Crippen LogP contribution in [0.15, 0.2) is 11.1 Å². The quantitative estimate of drug-likeness (QED) is 0.0752. The highest BCUT2D eigenvalue weighted by molar-refractivity contribution is 6.77. The lowest BCUT2D eigenvalue weighted by atomic mass is 9.96. The van der Waals surface area contributed by atoms with Crippen LogP contribution in [-0.4, -0.2) is 122 Å². The number of hydrogen-bond donors (Lipinski definition) is 2. The lowest BCUT2D eigenvalue weighted by Crippen LogP contribution is -2.53. The van der Waals surface area contributed by atoms with Crippen molar-refractivity contribution in [1.82, 2.24) is 19.5 Å². The van der Waals surface area contributed by atoms with E-state index in [2.05, 4.69) is 61.8 Å². The molecule has 18 nitrogen and oxygen atoms in total. The van der Waals surface area contributed by atoms with Gasteiger partial charge in [-0.2, -0.15) is 4.98 Å². The zero-order valence-corrected chi connectivity index (χ0v) is 34.9. The SMILES string of the molecule is CC(=O)OC[C@@]1(COCCOCCOCCO[Si](C(C)C)(C(C)C)C(C)C)O[C@@H](n2cnc3c(=O)[nH]c(NC(=O)C(C)C)nc32)[C@H](OC(C)=O)[C@@H]1OC(C)=O. The molecule has 0 aliphatic carbocycles. The van der Waals surface area contributed by atoms with Crippen LogP contribution in [0.25, 0.3) is 11.2 Å². The van der Waals surface area contributed by atoms with Crippen molar-refractivity contribution in [3.05, 3.63) is 16.7 Å². The van der Waals surface area contributed by atoms with Gasteiger partial charge in [0.25, 0.3) is 5.56 Å². The molecule has 19 heteroatoms. The second kappa shape index (κ2) is 20.4. The Balaban J connectivity index is 1.75. The Morgan fingerprint density at radius 2 is 1.40 bits per heavy atom. The minimum absolute atomic E-state index is 0.0425. The summed E-state index contributed by atoms with van der Waals surface area (Å²) in [6.45, 7) is 21.3. The van der Waals surface area contributed by atoms with Crippen LogP contribution in [0.5, 0.6) is 0 Å². The van der Waals surface area contributed by atoms with Crippen LogP contribution in [0.2, 0.25) is 16.6 Å². The summed E-state index contributed by atoms with van der Waals surface area (Å²) in [4.78, 5) is 73.3. The fourth-order valence-electron chi connectivity index (χ4n) is 7.10. The van der Waals surface area contributed by atoms with Gasteiger partial charge in [0, 0.05) is 26.7 Å². The van der Waals surface area contributed by atoms with Gasteiger partial charge in [0.15, 0.2) is 43.5 Å². The molecule has 2 aromatic heterocycles. The van der Waals surface area contributed by atoms with E-state index >= 15 is 0 Å². The van der Waals surface area contributed by atoms with Crippen LogP contribution in [-0.2, 0) is 56.8 Å². The predicted octanol–water partition coefficient (Wildman–Crippen LogP) is 3.65. The topological polar surface area (TPSA) is 218 Å². The first-order chi connectivity index (χ1) is 25.9. The Morgan fingerprint density at radius 3 is 1.93 bits per heavy atom. The molecule has 1 amide bonds. The number of carbonyl (C=O) groups is 4. The average molecular weight is 798 g/mol. The third-order valence-corrected chi connectivity index (χ3v) is 15.5. The number of imidazole rings is 1. The van der Waals surface area contributed by atoms with Gasteiger partial charge in [-0.15, -0.1) is 0 Å². The van der Waals surface area contributed by atoms with Crippen molar-refractivity contribution in [1.29, 1.82) is 0 Å². The fourth-order valence-corrected chi connectivity index (χ4v) is 12.5. The Kier molecular flexibility index (Phi) is 16.9. The first-order valence-electron chi connectivity index (χ1n) is 18.7. The number of fused-ring (bicyclic) bond motifs is 1. The van der Waals surface area contributed by atoms with Crippen LogP contribution in [0.3, 0.4) is 0 Å². The van der Waals surface area contributed by atoms with Crippen LogP contribution < -0.4 is 10.9 Å². The number of rotatable bonds is 22. The molecule has 1 aliphatic rings. The van der Waals surface area contributed by atoms with Gasteiger partial charge in [-0.3, -0.25) is 38.8 Å². The maximum absolute atomic E-state index is 13.0. The summed E-state index contributed by atoms with van der Waals surface area (Å²) in [7, 11) is -1.97. The Labute approximate surface area is 322 Å². The number of nitrogens with one attached hydrogen (secondary N) is 2. The number of ether oxygens (including phenoxy) is 7. The maximum atomic E-state index is 13.0. The van der Waals surface area contributed by atoms with Crippen molar-refractivity contribution in [2.45, 2.75) is 117 Å². The fraction of sp³-hybridized carbons (Fsp3) is 0.750. The number of anilines is 1. The van der Waals surface area contributed by atoms with E-state index in [0.29, 0.717) is 43.1 Å². The molecule has 2 aromatic rings. The van der Waals surface area contributed by atoms with E-state index in [0.717, 1.165) is 13.8 Å². The van der Waals surface area contributed by atoms with Crippen molar-refractivity contribution in [2.75, 3.05) is 58.2 Å². The third kappa shape index (κ3) is 11.6. The number of aromatic nitrogens is 4. The molecule has 0 saturated carbocycles. The van der Waals surface area contributed by atoms with Crippen molar-refractivity contribution < 1.29 is 56.8 Å². The number of carbonyl (C=O) groups excluding carboxylic acids is 4. The first kappa shape index (κ1) is 45.6. The molecule has 0 unspecified atom stereocenters. The highest BCUT2D eigenvalue weighted by Gasteiger charge is 2.61. The number of nitrogens with zero attached hydrogens (tertiary/aromatic N) is 3. The summed E-state index contributed by atoms with van der Waals surface area (Å²) >= 11 is 0. The molecular formula is C36H59N5O13Si. The lowest BCUT2D eigenvalue weighted by molar-refractivity contribution is -0.191. The molecule has 310 valence electrons. The van der Waals surface area contributed by atoms with Crippen molar-refractivity contribution in [3.8, 4) is 0 Å². The van der Waals surface area contributed by atoms with E-state index in [1.165, 1.54) is 17.8 Å². The molecule has 3 heterocycles. The van der Waals surface area contributed by atoms with Gasteiger partial charge in [0.2, 0.25) is 11.9 Å². The van der Waals surface area contributed by atoms with Gasteiger partial charge in [-0.05, 0) is 16.6 Å². The molecule has 3 rings (SSSR count). The van der Waals surface area contributed by atoms with Crippen molar-refractivity contribution in [2.24, 2.45) is 5.92 Å². The second-order valence-corrected chi connectivity index (χ2v) is 20.2. The van der Waals surface area contributed by atoms with E-state index in [9.17, 15) is 24.0 Å². The minimum Gasteiger partial charge on any atom is -0.463 e. The van der Waals surface area contributed by atoms with E-state index in [4.69, 9.17) is 37.6 Å². The molecule has 0 aromatic carbocycles. The molecule has 1 aliphatic heterocycles. The molecule has 0 bridgehead atoms. The molecule has 0 radical (unpaired) electrons. The minimum atomic E-state index is -1.97. The van der Waals surface area contributed by atoms with Gasteiger partial charge in [-0.25, -0.2) is 4.98 Å². The summed E-state index contributed by atoms with van der Waals surface area (Å²) in [5, 5.41) is 2.54. The monoisotopic (exact) mass is 797 g/mol. The molecule has 4 atom stereocenters. The third-order valence-electron chi connectivity index (χ3n) is 9.42. The molecule has 2 N–H and O–H groups in total. The summed E-state index contributed by atoms with van der Waals surface area (Å²) in [6.07, 6.45) is -2.83. The van der Waals surface area contributed by atoms with Crippen molar-refractivity contribution in [3.63, 3.8) is 0 Å². The highest BCUT2D eigenvalue weighted by atomic mass is 28.4. The zero-order valence-electron chi connectivity index (χ0n) is 33.9. The van der Waals surface area contributed by atoms with Gasteiger partial charge >= 0.3 is 17.9 Å². The van der Waals surface area contributed by atoms with Gasteiger partial charge in [0.1, 0.15) is 6.61 Å². The Hall–Kier alpha value is -3.75. The van der Waals surface area contributed by atoms with Gasteiger partial charge in [0.05, 0.1) is 52.6 Å². The molecule has 55 heavy (non-hydrogen) atoms. The number of H-pyrrole nitrogens is 1. The number of aromatic amines is 1. The first-order valence-corrected chi connectivity index (χ1v) is 20.8. The summed E-state index contributed by atoms with van der Waals surface area (Å²) < 4.78 is 48.5. The smallest absolute Gasteiger partial charge is 0.303 e. The molecular weight excluding hydrogens is 739 g/mol. The number of esters is 3. The van der Waals surface area contributed by atoms with E-state index in [1.807, 2.05) is 0 Å². The Morgan fingerprint density at radius 1 is 0.836 bits per heavy atom. The van der Waals surface area contributed by atoms with Crippen LogP contribution in [0, 0.1) is 5.92 Å². The summed E-state index contributed by atoms with van der Waals surface area (Å²) in [5.41, 5.74) is -1.11. The maximum Gasteiger partial charge on any atom is 0.303 e. The van der Waals surface area contributed by atoms with Crippen LogP contribution in [0.1, 0.15) is 82.4 Å². The standard InChI is InChI=1S/C36H59N5O13Si/c1-21(2)32(45)39-35-38-31-28(33(46)40-35)37-20-41(31)34-29(52-26(10)43)30(53-27(11)44)36(54-34,19-50-25(9)42)18-49-15-14-47-12-13-48-16-17-51-55(22(3)4,23(5)6)24(7)8/h20-24,29-30,34H,12-19H2,1-11H3,(H2,38,39,40,45,46)/t29-,30+,34-,36-/m1/s1. The summed E-state index contributed by atoms with van der Waals surface area (Å²) in [6, 6.07) is 0. The zero-order chi connectivity index (χ0) is 41.1. The number of hydrogen-bond acceptors (Lipinski definition) is 15. The molecule has 0 spiro atoms. The predicted molar refractivity (Wildman–Crippen MR) is 202 cm³/mol. The number of amides is 1. The van der Waals surface area contributed by atoms with Crippen LogP contribution in [0.4, 0.5) is 5.95 Å².